The van der Waals surface area contributed by atoms with Crippen LogP contribution in [-0.4, -0.2) is 17.5 Å². The summed E-state index contributed by atoms with van der Waals surface area (Å²) in [6.45, 7) is 5.59. The van der Waals surface area contributed by atoms with E-state index < -0.39 is 5.54 Å². The van der Waals surface area contributed by atoms with E-state index in [0.29, 0.717) is 5.92 Å². The third-order valence-corrected chi connectivity index (χ3v) is 3.30. The van der Waals surface area contributed by atoms with Crippen molar-refractivity contribution in [3.63, 3.8) is 0 Å². The molecular formula is C12H24N2O. The summed E-state index contributed by atoms with van der Waals surface area (Å²) in [7, 11) is 0. The minimum atomic E-state index is -0.761. The van der Waals surface area contributed by atoms with Gasteiger partial charge in [-0.1, -0.05) is 19.3 Å². The highest BCUT2D eigenvalue weighted by Crippen LogP contribution is 2.26. The van der Waals surface area contributed by atoms with E-state index in [-0.39, 0.29) is 11.9 Å². The number of carbonyl (C=O) groups is 1. The van der Waals surface area contributed by atoms with Crippen LogP contribution in [0, 0.1) is 5.92 Å². The third kappa shape index (κ3) is 3.82. The standard InChI is InChI=1S/C12H24N2O/c1-9(10-7-5-4-6-8-10)14-11(15)12(2,3)13/h9-10H,4-8,13H2,1-3H3,(H,14,15)/t9-/m0/s1. The van der Waals surface area contributed by atoms with Crippen molar-refractivity contribution in [2.24, 2.45) is 11.7 Å². The molecule has 0 aliphatic heterocycles. The van der Waals surface area contributed by atoms with E-state index >= 15 is 0 Å². The first-order chi connectivity index (χ1) is 6.91. The van der Waals surface area contributed by atoms with Gasteiger partial charge in [-0.05, 0) is 39.5 Å². The van der Waals surface area contributed by atoms with Crippen molar-refractivity contribution in [1.29, 1.82) is 0 Å². The molecule has 0 heterocycles. The number of rotatable bonds is 3. The quantitative estimate of drug-likeness (QED) is 0.749. The van der Waals surface area contributed by atoms with Crippen LogP contribution in [0.3, 0.4) is 0 Å². The maximum absolute atomic E-state index is 11.7. The van der Waals surface area contributed by atoms with Crippen molar-refractivity contribution in [3.8, 4) is 0 Å². The van der Waals surface area contributed by atoms with Gasteiger partial charge in [0.25, 0.3) is 0 Å². The SMILES string of the molecule is C[C@H](NC(=O)C(C)(C)N)C1CCCCC1. The molecule has 0 aromatic carbocycles. The van der Waals surface area contributed by atoms with Gasteiger partial charge in [0.05, 0.1) is 5.54 Å². The first kappa shape index (κ1) is 12.5. The zero-order valence-electron chi connectivity index (χ0n) is 10.2. The fourth-order valence-corrected chi connectivity index (χ4v) is 2.14. The maximum Gasteiger partial charge on any atom is 0.239 e. The van der Waals surface area contributed by atoms with Crippen molar-refractivity contribution in [2.75, 3.05) is 0 Å². The molecule has 0 saturated heterocycles. The van der Waals surface area contributed by atoms with Crippen molar-refractivity contribution in [1.82, 2.24) is 5.32 Å². The van der Waals surface area contributed by atoms with E-state index in [9.17, 15) is 4.79 Å². The third-order valence-electron chi connectivity index (χ3n) is 3.30. The normalized spacial score (nSPS) is 21.1. The van der Waals surface area contributed by atoms with E-state index in [4.69, 9.17) is 5.73 Å². The van der Waals surface area contributed by atoms with Gasteiger partial charge in [-0.3, -0.25) is 4.79 Å². The Labute approximate surface area is 92.8 Å². The Bertz CT molecular complexity index is 214. The molecule has 1 atom stereocenters. The van der Waals surface area contributed by atoms with E-state index in [2.05, 4.69) is 12.2 Å². The Balaban J connectivity index is 2.40. The van der Waals surface area contributed by atoms with Crippen molar-refractivity contribution in [2.45, 2.75) is 64.5 Å². The molecule has 0 aromatic heterocycles. The minimum absolute atomic E-state index is 0.0411. The molecule has 0 unspecified atom stereocenters. The van der Waals surface area contributed by atoms with E-state index in [0.717, 1.165) is 0 Å². The summed E-state index contributed by atoms with van der Waals surface area (Å²) in [6, 6.07) is 0.264. The highest BCUT2D eigenvalue weighted by atomic mass is 16.2. The first-order valence-electron chi connectivity index (χ1n) is 6.01. The molecule has 3 nitrogen and oxygen atoms in total. The predicted molar refractivity (Wildman–Crippen MR) is 62.4 cm³/mol. The fourth-order valence-electron chi connectivity index (χ4n) is 2.14. The molecule has 3 heteroatoms. The maximum atomic E-state index is 11.7. The summed E-state index contributed by atoms with van der Waals surface area (Å²) in [4.78, 5) is 11.7. The smallest absolute Gasteiger partial charge is 0.239 e. The molecule has 1 amide bonds. The molecule has 1 fully saturated rings. The highest BCUT2D eigenvalue weighted by Gasteiger charge is 2.27. The molecule has 1 aliphatic carbocycles. The number of hydrogen-bond acceptors (Lipinski definition) is 2. The molecule has 1 aliphatic rings. The molecule has 0 spiro atoms. The Hall–Kier alpha value is -0.570. The number of hydrogen-bond donors (Lipinski definition) is 2. The average Bonchev–Trinajstić information content (AvgIpc) is 2.17. The summed E-state index contributed by atoms with van der Waals surface area (Å²) in [5.74, 6) is 0.602. The van der Waals surface area contributed by atoms with Gasteiger partial charge in [-0.15, -0.1) is 0 Å². The van der Waals surface area contributed by atoms with Crippen LogP contribution in [0.15, 0.2) is 0 Å². The van der Waals surface area contributed by atoms with Gasteiger partial charge in [-0.2, -0.15) is 0 Å². The van der Waals surface area contributed by atoms with Crippen molar-refractivity contribution >= 4 is 5.91 Å². The summed E-state index contributed by atoms with van der Waals surface area (Å²) < 4.78 is 0. The zero-order chi connectivity index (χ0) is 11.5. The average molecular weight is 212 g/mol. The molecule has 88 valence electrons. The van der Waals surface area contributed by atoms with Crippen LogP contribution in [0.4, 0.5) is 0 Å². The van der Waals surface area contributed by atoms with Gasteiger partial charge in [0.2, 0.25) is 5.91 Å². The first-order valence-corrected chi connectivity index (χ1v) is 6.01. The zero-order valence-corrected chi connectivity index (χ0v) is 10.2. The lowest BCUT2D eigenvalue weighted by Gasteiger charge is -2.30. The Morgan fingerprint density at radius 2 is 1.87 bits per heavy atom. The van der Waals surface area contributed by atoms with Gasteiger partial charge in [0.15, 0.2) is 0 Å². The fraction of sp³-hybridized carbons (Fsp3) is 0.917. The van der Waals surface area contributed by atoms with Crippen LogP contribution in [-0.2, 0) is 4.79 Å². The predicted octanol–water partition coefficient (Wildman–Crippen LogP) is 1.81. The lowest BCUT2D eigenvalue weighted by molar-refractivity contribution is -0.126. The van der Waals surface area contributed by atoms with E-state index in [1.807, 2.05) is 0 Å². The largest absolute Gasteiger partial charge is 0.352 e. The van der Waals surface area contributed by atoms with Crippen LogP contribution in [0.1, 0.15) is 52.9 Å². The van der Waals surface area contributed by atoms with Gasteiger partial charge in [-0.25, -0.2) is 0 Å². The topological polar surface area (TPSA) is 55.1 Å². The monoisotopic (exact) mass is 212 g/mol. The van der Waals surface area contributed by atoms with Crippen LogP contribution in [0.25, 0.3) is 0 Å². The molecule has 3 N–H and O–H groups in total. The van der Waals surface area contributed by atoms with Gasteiger partial charge < -0.3 is 11.1 Å². The van der Waals surface area contributed by atoms with Crippen LogP contribution in [0.5, 0.6) is 0 Å². The summed E-state index contributed by atoms with van der Waals surface area (Å²) in [6.07, 6.45) is 6.44. The van der Waals surface area contributed by atoms with Crippen LogP contribution in [0.2, 0.25) is 0 Å². The van der Waals surface area contributed by atoms with Gasteiger partial charge in [0, 0.05) is 6.04 Å². The Kier molecular flexibility index (Phi) is 4.14. The minimum Gasteiger partial charge on any atom is -0.352 e. The summed E-state index contributed by atoms with van der Waals surface area (Å²) in [5.41, 5.74) is 4.98. The molecule has 15 heavy (non-hydrogen) atoms. The summed E-state index contributed by atoms with van der Waals surface area (Å²) >= 11 is 0. The van der Waals surface area contributed by atoms with Gasteiger partial charge in [0.1, 0.15) is 0 Å². The van der Waals surface area contributed by atoms with Crippen molar-refractivity contribution < 1.29 is 4.79 Å². The molecule has 1 rings (SSSR count). The molecule has 1 saturated carbocycles. The lowest BCUT2D eigenvalue weighted by atomic mass is 9.84. The number of nitrogens with two attached hydrogens (primary N) is 1. The molecular weight excluding hydrogens is 188 g/mol. The van der Waals surface area contributed by atoms with Crippen LogP contribution < -0.4 is 11.1 Å². The number of amides is 1. The highest BCUT2D eigenvalue weighted by molar-refractivity contribution is 5.85. The molecule has 0 radical (unpaired) electrons. The Morgan fingerprint density at radius 3 is 2.33 bits per heavy atom. The summed E-state index contributed by atoms with van der Waals surface area (Å²) in [5, 5.41) is 3.03. The van der Waals surface area contributed by atoms with E-state index in [1.54, 1.807) is 13.8 Å². The second-order valence-electron chi connectivity index (χ2n) is 5.38. The molecule has 0 aromatic rings. The molecule has 0 bridgehead atoms. The van der Waals surface area contributed by atoms with Crippen molar-refractivity contribution in [3.05, 3.63) is 0 Å². The van der Waals surface area contributed by atoms with E-state index in [1.165, 1.54) is 32.1 Å². The van der Waals surface area contributed by atoms with Gasteiger partial charge >= 0.3 is 0 Å². The second-order valence-corrected chi connectivity index (χ2v) is 5.38. The lowest BCUT2D eigenvalue weighted by Crippen LogP contribution is -2.53. The Morgan fingerprint density at radius 1 is 1.33 bits per heavy atom. The van der Waals surface area contributed by atoms with Crippen LogP contribution >= 0.6 is 0 Å². The number of nitrogens with one attached hydrogen (secondary N) is 1. The number of carbonyl (C=O) groups excluding carboxylic acids is 1. The second kappa shape index (κ2) is 4.97.